The molecule has 3 rings (SSSR count). The summed E-state index contributed by atoms with van der Waals surface area (Å²) >= 11 is 1.36. The number of benzene rings is 1. The first-order valence-corrected chi connectivity index (χ1v) is 12.1. The largest absolute Gasteiger partial charge is 0.299 e. The van der Waals surface area contributed by atoms with Crippen molar-refractivity contribution in [3.05, 3.63) is 34.8 Å². The van der Waals surface area contributed by atoms with Crippen molar-refractivity contribution >= 4 is 38.2 Å². The maximum Gasteiger partial charge on any atom is 0.263 e. The average Bonchev–Trinajstić information content (AvgIpc) is 3.25. The normalized spacial score (nSPS) is 17.0. The Morgan fingerprint density at radius 2 is 1.97 bits per heavy atom. The molecular formula is C19H25N5O3S2. The number of nitrogens with one attached hydrogen (secondary N) is 2. The van der Waals surface area contributed by atoms with E-state index in [4.69, 9.17) is 0 Å². The van der Waals surface area contributed by atoms with Gasteiger partial charge in [-0.15, -0.1) is 10.2 Å². The lowest BCUT2D eigenvalue weighted by atomic mass is 10.1. The topological polar surface area (TPSA) is 113 Å². The molecular weight excluding hydrogens is 410 g/mol. The number of amidine groups is 1. The number of sulfonamides is 1. The number of carbonyl (C=O) groups is 1. The standard InChI is InChI=1S/C19H25N5O3S2/c1-3-5-10-14(18(25)21-19-23-22-16(28-19)12-6-4-2)20-17-13-9-7-8-11-15(13)29(26,27)24-17/h7-9,11,14H,3-6,10,12H2,1-2H3,(H,20,24)(H,21,23,25). The van der Waals surface area contributed by atoms with Crippen molar-refractivity contribution in [2.24, 2.45) is 4.99 Å². The zero-order chi connectivity index (χ0) is 20.9. The molecule has 8 nitrogen and oxygen atoms in total. The fourth-order valence-electron chi connectivity index (χ4n) is 2.96. The number of amides is 1. The van der Waals surface area contributed by atoms with E-state index >= 15 is 0 Å². The van der Waals surface area contributed by atoms with Gasteiger partial charge < -0.3 is 0 Å². The molecule has 1 aliphatic heterocycles. The van der Waals surface area contributed by atoms with Gasteiger partial charge in [-0.3, -0.25) is 19.8 Å². The Balaban J connectivity index is 1.80. The van der Waals surface area contributed by atoms with Crippen LogP contribution in [-0.4, -0.2) is 36.4 Å². The van der Waals surface area contributed by atoms with Crippen molar-refractivity contribution < 1.29 is 13.2 Å². The second-order valence-corrected chi connectivity index (χ2v) is 9.54. The molecule has 1 atom stereocenters. The number of carbonyl (C=O) groups excluding carboxylic acids is 1. The van der Waals surface area contributed by atoms with Gasteiger partial charge in [0.2, 0.25) is 5.13 Å². The van der Waals surface area contributed by atoms with E-state index < -0.39 is 16.1 Å². The summed E-state index contributed by atoms with van der Waals surface area (Å²) in [5.74, 6) is -0.106. The Morgan fingerprint density at radius 1 is 1.21 bits per heavy atom. The van der Waals surface area contributed by atoms with E-state index in [0.29, 0.717) is 17.1 Å². The highest BCUT2D eigenvalue weighted by Gasteiger charge is 2.32. The maximum absolute atomic E-state index is 12.8. The zero-order valence-corrected chi connectivity index (χ0v) is 18.1. The van der Waals surface area contributed by atoms with E-state index in [-0.39, 0.29) is 16.6 Å². The molecule has 0 fully saturated rings. The molecule has 0 saturated heterocycles. The molecule has 2 heterocycles. The fraction of sp³-hybridized carbons (Fsp3) is 0.474. The summed E-state index contributed by atoms with van der Waals surface area (Å²) in [5, 5.41) is 12.3. The Morgan fingerprint density at radius 3 is 2.72 bits per heavy atom. The lowest BCUT2D eigenvalue weighted by Crippen LogP contribution is -2.30. The predicted octanol–water partition coefficient (Wildman–Crippen LogP) is 3.12. The molecule has 0 radical (unpaired) electrons. The summed E-state index contributed by atoms with van der Waals surface area (Å²) in [5.41, 5.74) is 0.486. The number of anilines is 1. The van der Waals surface area contributed by atoms with Crippen molar-refractivity contribution in [3.63, 3.8) is 0 Å². The number of aromatic nitrogens is 2. The number of hydrogen-bond acceptors (Lipinski definition) is 7. The van der Waals surface area contributed by atoms with Crippen molar-refractivity contribution in [2.45, 2.75) is 63.3 Å². The molecule has 1 aromatic carbocycles. The van der Waals surface area contributed by atoms with Gasteiger partial charge in [0, 0.05) is 12.0 Å². The fourth-order valence-corrected chi connectivity index (χ4v) is 4.98. The van der Waals surface area contributed by atoms with Crippen LogP contribution in [0.2, 0.25) is 0 Å². The first-order valence-electron chi connectivity index (χ1n) is 9.78. The Bertz CT molecular complexity index is 1000. The van der Waals surface area contributed by atoms with Crippen LogP contribution in [0.25, 0.3) is 0 Å². The minimum Gasteiger partial charge on any atom is -0.299 e. The Labute approximate surface area is 174 Å². The molecule has 1 aliphatic rings. The third-order valence-corrected chi connectivity index (χ3v) is 6.82. The first-order chi connectivity index (χ1) is 13.9. The Kier molecular flexibility index (Phi) is 6.96. The van der Waals surface area contributed by atoms with Crippen LogP contribution >= 0.6 is 11.3 Å². The van der Waals surface area contributed by atoms with Gasteiger partial charge in [-0.25, -0.2) is 8.42 Å². The number of aryl methyl sites for hydroxylation is 1. The highest BCUT2D eigenvalue weighted by Crippen LogP contribution is 2.24. The molecule has 2 aromatic rings. The van der Waals surface area contributed by atoms with E-state index in [1.165, 1.54) is 17.4 Å². The minimum absolute atomic E-state index is 0.179. The summed E-state index contributed by atoms with van der Waals surface area (Å²) in [6.07, 6.45) is 5.13. The van der Waals surface area contributed by atoms with Crippen molar-refractivity contribution in [2.75, 3.05) is 5.32 Å². The van der Waals surface area contributed by atoms with Crippen LogP contribution in [-0.2, 0) is 21.2 Å². The van der Waals surface area contributed by atoms with Crippen molar-refractivity contribution in [3.8, 4) is 0 Å². The van der Waals surface area contributed by atoms with Gasteiger partial charge in [-0.1, -0.05) is 56.6 Å². The third kappa shape index (κ3) is 5.18. The van der Waals surface area contributed by atoms with Crippen LogP contribution in [0.15, 0.2) is 34.2 Å². The summed E-state index contributed by atoms with van der Waals surface area (Å²) in [7, 11) is -3.64. The quantitative estimate of drug-likeness (QED) is 0.628. The van der Waals surface area contributed by atoms with Gasteiger partial charge in [0.15, 0.2) is 0 Å². The molecule has 29 heavy (non-hydrogen) atoms. The summed E-state index contributed by atoms with van der Waals surface area (Å²) in [6.45, 7) is 4.14. The van der Waals surface area contributed by atoms with E-state index in [0.717, 1.165) is 37.1 Å². The zero-order valence-electron chi connectivity index (χ0n) is 16.5. The number of rotatable bonds is 9. The molecule has 0 aliphatic carbocycles. The molecule has 0 bridgehead atoms. The highest BCUT2D eigenvalue weighted by atomic mass is 32.2. The van der Waals surface area contributed by atoms with E-state index in [2.05, 4.69) is 32.2 Å². The maximum atomic E-state index is 12.8. The van der Waals surface area contributed by atoms with Crippen LogP contribution in [0, 0.1) is 0 Å². The second-order valence-electron chi connectivity index (χ2n) is 6.83. The highest BCUT2D eigenvalue weighted by molar-refractivity contribution is 7.90. The smallest absolute Gasteiger partial charge is 0.263 e. The monoisotopic (exact) mass is 435 g/mol. The van der Waals surface area contributed by atoms with Gasteiger partial charge in [-0.2, -0.15) is 0 Å². The molecule has 2 N–H and O–H groups in total. The summed E-state index contributed by atoms with van der Waals surface area (Å²) in [6, 6.07) is 5.90. The SMILES string of the molecule is CCCCc1nnc(NC(=O)C(CCCC)N=C2NS(=O)(=O)c3ccccc32)s1. The van der Waals surface area contributed by atoms with E-state index in [9.17, 15) is 13.2 Å². The first kappa shape index (κ1) is 21.4. The molecule has 1 amide bonds. The lowest BCUT2D eigenvalue weighted by Gasteiger charge is -2.12. The van der Waals surface area contributed by atoms with E-state index in [1.807, 2.05) is 6.92 Å². The average molecular weight is 436 g/mol. The van der Waals surface area contributed by atoms with Crippen LogP contribution in [0.4, 0.5) is 5.13 Å². The molecule has 1 unspecified atom stereocenters. The second kappa shape index (κ2) is 9.45. The number of hydrogen-bond donors (Lipinski definition) is 2. The molecule has 1 aromatic heterocycles. The van der Waals surface area contributed by atoms with Gasteiger partial charge in [0.05, 0.1) is 4.90 Å². The third-order valence-electron chi connectivity index (χ3n) is 4.52. The van der Waals surface area contributed by atoms with Gasteiger partial charge in [0.25, 0.3) is 15.9 Å². The van der Waals surface area contributed by atoms with Crippen molar-refractivity contribution in [1.29, 1.82) is 0 Å². The van der Waals surface area contributed by atoms with Crippen molar-refractivity contribution in [1.82, 2.24) is 14.9 Å². The molecule has 10 heteroatoms. The van der Waals surface area contributed by atoms with Crippen LogP contribution in [0.1, 0.15) is 56.5 Å². The van der Waals surface area contributed by atoms with E-state index in [1.54, 1.807) is 18.2 Å². The number of fused-ring (bicyclic) bond motifs is 1. The van der Waals surface area contributed by atoms with Gasteiger partial charge in [0.1, 0.15) is 16.9 Å². The molecule has 0 saturated carbocycles. The van der Waals surface area contributed by atoms with Crippen LogP contribution < -0.4 is 10.0 Å². The minimum atomic E-state index is -3.64. The number of unbranched alkanes of at least 4 members (excludes halogenated alkanes) is 2. The van der Waals surface area contributed by atoms with Crippen LogP contribution in [0.3, 0.4) is 0 Å². The number of nitrogens with zero attached hydrogens (tertiary/aromatic N) is 3. The molecule has 0 spiro atoms. The van der Waals surface area contributed by atoms with Gasteiger partial charge in [-0.05, 0) is 25.0 Å². The number of aliphatic imine (C=N–C) groups is 1. The summed E-state index contributed by atoms with van der Waals surface area (Å²) < 4.78 is 27.1. The lowest BCUT2D eigenvalue weighted by molar-refractivity contribution is -0.117. The predicted molar refractivity (Wildman–Crippen MR) is 114 cm³/mol. The summed E-state index contributed by atoms with van der Waals surface area (Å²) in [4.78, 5) is 17.5. The molecule has 156 valence electrons. The Hall–Kier alpha value is -2.33. The van der Waals surface area contributed by atoms with Crippen LogP contribution in [0.5, 0.6) is 0 Å². The van der Waals surface area contributed by atoms with Gasteiger partial charge >= 0.3 is 0 Å².